The van der Waals surface area contributed by atoms with E-state index >= 15 is 0 Å². The summed E-state index contributed by atoms with van der Waals surface area (Å²) in [6.07, 6.45) is 8.84. The van der Waals surface area contributed by atoms with E-state index in [1.807, 2.05) is 0 Å². The van der Waals surface area contributed by atoms with Crippen LogP contribution in [0, 0.1) is 28.1 Å². The molecule has 2 nitrogen and oxygen atoms in total. The van der Waals surface area contributed by atoms with Gasteiger partial charge in [-0.1, -0.05) is 34.1 Å². The van der Waals surface area contributed by atoms with Gasteiger partial charge in [-0.2, -0.15) is 0 Å². The summed E-state index contributed by atoms with van der Waals surface area (Å²) in [4.78, 5) is 12.0. The Morgan fingerprint density at radius 3 is 2.55 bits per heavy atom. The monoisotopic (exact) mass is 302 g/mol. The molecule has 122 valence electrons. The maximum atomic E-state index is 12.0. The largest absolute Gasteiger partial charge is 0.458 e. The highest BCUT2D eigenvalue weighted by molar-refractivity contribution is 5.92. The van der Waals surface area contributed by atoms with E-state index < -0.39 is 0 Å². The molecule has 0 unspecified atom stereocenters. The zero-order valence-electron chi connectivity index (χ0n) is 14.6. The Kier molecular flexibility index (Phi) is 2.95. The molecule has 0 spiro atoms. The highest BCUT2D eigenvalue weighted by Crippen LogP contribution is 2.68. The third kappa shape index (κ3) is 1.70. The van der Waals surface area contributed by atoms with Crippen molar-refractivity contribution in [1.29, 1.82) is 0 Å². The van der Waals surface area contributed by atoms with Crippen LogP contribution in [0.5, 0.6) is 0 Å². The highest BCUT2D eigenvalue weighted by Gasteiger charge is 2.61. The molecule has 1 heterocycles. The SMILES string of the molecule is CC1(C)CCC[C@]2(C)[C@H]3CCC4=C(COC4=O)[C@]3(C)CC[C@@H]12. The minimum atomic E-state index is -0.0223. The van der Waals surface area contributed by atoms with Crippen LogP contribution in [0.3, 0.4) is 0 Å². The minimum absolute atomic E-state index is 0.0223. The predicted molar refractivity (Wildman–Crippen MR) is 87.3 cm³/mol. The number of carbonyl (C=O) groups excluding carboxylic acids is 1. The summed E-state index contributed by atoms with van der Waals surface area (Å²) < 4.78 is 5.41. The van der Waals surface area contributed by atoms with Gasteiger partial charge < -0.3 is 4.74 Å². The molecular formula is C20H30O2. The van der Waals surface area contributed by atoms with Gasteiger partial charge in [0.05, 0.1) is 0 Å². The number of carbonyl (C=O) groups is 1. The van der Waals surface area contributed by atoms with Crippen LogP contribution in [0.15, 0.2) is 11.1 Å². The van der Waals surface area contributed by atoms with Crippen molar-refractivity contribution in [3.8, 4) is 0 Å². The van der Waals surface area contributed by atoms with Crippen molar-refractivity contribution in [2.45, 2.75) is 72.6 Å². The Morgan fingerprint density at radius 1 is 1.00 bits per heavy atom. The van der Waals surface area contributed by atoms with Crippen LogP contribution < -0.4 is 0 Å². The minimum Gasteiger partial charge on any atom is -0.458 e. The van der Waals surface area contributed by atoms with Crippen molar-refractivity contribution in [2.75, 3.05) is 6.61 Å². The molecule has 0 aromatic carbocycles. The molecule has 4 atom stereocenters. The third-order valence-corrected chi connectivity index (χ3v) is 8.12. The van der Waals surface area contributed by atoms with Crippen LogP contribution >= 0.6 is 0 Å². The fourth-order valence-corrected chi connectivity index (χ4v) is 7.15. The van der Waals surface area contributed by atoms with Gasteiger partial charge in [-0.15, -0.1) is 0 Å². The van der Waals surface area contributed by atoms with E-state index in [1.54, 1.807) is 0 Å². The van der Waals surface area contributed by atoms with Crippen LogP contribution in [0.4, 0.5) is 0 Å². The van der Waals surface area contributed by atoms with E-state index in [9.17, 15) is 4.79 Å². The first-order valence-electron chi connectivity index (χ1n) is 9.19. The fraction of sp³-hybridized carbons (Fsp3) is 0.850. The molecule has 0 bridgehead atoms. The van der Waals surface area contributed by atoms with Crippen molar-refractivity contribution in [3.05, 3.63) is 11.1 Å². The molecular weight excluding hydrogens is 272 g/mol. The van der Waals surface area contributed by atoms with Crippen LogP contribution in [-0.4, -0.2) is 12.6 Å². The average molecular weight is 302 g/mol. The first-order valence-corrected chi connectivity index (χ1v) is 9.19. The van der Waals surface area contributed by atoms with Gasteiger partial charge in [-0.05, 0) is 72.2 Å². The van der Waals surface area contributed by atoms with Crippen molar-refractivity contribution in [1.82, 2.24) is 0 Å². The second-order valence-corrected chi connectivity index (χ2v) is 9.48. The van der Waals surface area contributed by atoms with Gasteiger partial charge >= 0.3 is 5.97 Å². The maximum Gasteiger partial charge on any atom is 0.334 e. The van der Waals surface area contributed by atoms with Crippen LogP contribution in [0.2, 0.25) is 0 Å². The lowest BCUT2D eigenvalue weighted by molar-refractivity contribution is -0.136. The third-order valence-electron chi connectivity index (χ3n) is 8.12. The van der Waals surface area contributed by atoms with Gasteiger partial charge in [-0.25, -0.2) is 4.79 Å². The summed E-state index contributed by atoms with van der Waals surface area (Å²) in [5.41, 5.74) is 3.54. The normalized spacial score (nSPS) is 46.6. The summed E-state index contributed by atoms with van der Waals surface area (Å²) in [5, 5.41) is 0. The first-order chi connectivity index (χ1) is 10.3. The summed E-state index contributed by atoms with van der Waals surface area (Å²) >= 11 is 0. The van der Waals surface area contributed by atoms with Crippen LogP contribution in [-0.2, 0) is 9.53 Å². The van der Waals surface area contributed by atoms with Gasteiger partial charge in [0.25, 0.3) is 0 Å². The Balaban J connectivity index is 1.78. The van der Waals surface area contributed by atoms with Crippen molar-refractivity contribution >= 4 is 5.97 Å². The lowest BCUT2D eigenvalue weighted by atomic mass is 9.40. The Labute approximate surface area is 134 Å². The van der Waals surface area contributed by atoms with E-state index in [4.69, 9.17) is 4.74 Å². The quantitative estimate of drug-likeness (QED) is 0.596. The molecule has 2 heteroatoms. The number of esters is 1. The first kappa shape index (κ1) is 14.8. The van der Waals surface area contributed by atoms with E-state index in [2.05, 4.69) is 27.7 Å². The van der Waals surface area contributed by atoms with E-state index in [0.29, 0.717) is 17.4 Å². The maximum absolute atomic E-state index is 12.0. The Bertz CT molecular complexity index is 558. The predicted octanol–water partition coefficient (Wildman–Crippen LogP) is 4.88. The molecule has 0 saturated heterocycles. The molecule has 0 amide bonds. The van der Waals surface area contributed by atoms with Crippen LogP contribution in [0.1, 0.15) is 72.6 Å². The summed E-state index contributed by atoms with van der Waals surface area (Å²) in [6, 6.07) is 0. The second kappa shape index (κ2) is 4.39. The number of hydrogen-bond acceptors (Lipinski definition) is 2. The molecule has 1 aliphatic heterocycles. The van der Waals surface area contributed by atoms with E-state index in [1.165, 1.54) is 44.1 Å². The zero-order chi connectivity index (χ0) is 15.8. The molecule has 4 rings (SSSR count). The lowest BCUT2D eigenvalue weighted by Crippen LogP contribution is -2.56. The molecule has 2 fully saturated rings. The van der Waals surface area contributed by atoms with Crippen LogP contribution in [0.25, 0.3) is 0 Å². The van der Waals surface area contributed by atoms with Gasteiger partial charge in [0.15, 0.2) is 0 Å². The Morgan fingerprint density at radius 2 is 1.77 bits per heavy atom. The van der Waals surface area contributed by atoms with Crippen molar-refractivity contribution in [2.24, 2.45) is 28.1 Å². The van der Waals surface area contributed by atoms with Gasteiger partial charge in [0.2, 0.25) is 0 Å². The number of rotatable bonds is 0. The Hall–Kier alpha value is -0.790. The average Bonchev–Trinajstić information content (AvgIpc) is 2.80. The molecule has 4 aliphatic rings. The number of hydrogen-bond donors (Lipinski definition) is 0. The molecule has 0 N–H and O–H groups in total. The lowest BCUT2D eigenvalue weighted by Gasteiger charge is -2.64. The van der Waals surface area contributed by atoms with Crippen molar-refractivity contribution < 1.29 is 9.53 Å². The van der Waals surface area contributed by atoms with Gasteiger partial charge in [0, 0.05) is 5.57 Å². The molecule has 3 aliphatic carbocycles. The topological polar surface area (TPSA) is 26.3 Å². The molecule has 2 saturated carbocycles. The standard InChI is InChI=1S/C20H30O2/c1-18(2)9-5-10-20(4)15(18)8-11-19(3)14-12-22-17(21)13(14)6-7-16(19)20/h15-16H,5-12H2,1-4H3/t15-,16-,19-,20-/m0/s1. The molecule has 0 aromatic heterocycles. The zero-order valence-corrected chi connectivity index (χ0v) is 14.6. The fourth-order valence-electron chi connectivity index (χ4n) is 7.15. The van der Waals surface area contributed by atoms with Crippen molar-refractivity contribution in [3.63, 3.8) is 0 Å². The number of ether oxygens (including phenoxy) is 1. The van der Waals surface area contributed by atoms with Gasteiger partial charge in [-0.3, -0.25) is 0 Å². The second-order valence-electron chi connectivity index (χ2n) is 9.48. The summed E-state index contributed by atoms with van der Waals surface area (Å²) in [5.74, 6) is 1.55. The van der Waals surface area contributed by atoms with Gasteiger partial charge in [0.1, 0.15) is 6.61 Å². The molecule has 0 radical (unpaired) electrons. The molecule has 0 aromatic rings. The molecule has 22 heavy (non-hydrogen) atoms. The number of cyclic esters (lactones) is 1. The summed E-state index contributed by atoms with van der Waals surface area (Å²) in [6.45, 7) is 10.6. The highest BCUT2D eigenvalue weighted by atomic mass is 16.5. The van der Waals surface area contributed by atoms with E-state index in [0.717, 1.165) is 23.8 Å². The number of fused-ring (bicyclic) bond motifs is 4. The smallest absolute Gasteiger partial charge is 0.334 e. The van der Waals surface area contributed by atoms with E-state index in [-0.39, 0.29) is 11.4 Å². The summed E-state index contributed by atoms with van der Waals surface area (Å²) in [7, 11) is 0.